The van der Waals surface area contributed by atoms with Crippen molar-refractivity contribution >= 4 is 43.6 Å². The van der Waals surface area contributed by atoms with Crippen LogP contribution in [0.1, 0.15) is 52.6 Å². The van der Waals surface area contributed by atoms with E-state index in [1.54, 1.807) is 0 Å². The van der Waals surface area contributed by atoms with Crippen LogP contribution >= 0.6 is 0 Å². The Balaban J connectivity index is 1.05. The van der Waals surface area contributed by atoms with Gasteiger partial charge < -0.3 is 9.13 Å². The number of hydrogen-bond donors (Lipinski definition) is 0. The fraction of sp³-hybridized carbons (Fsp3) is 0.0820. The normalized spacial score (nSPS) is 17.3. The number of aromatic nitrogens is 2. The number of rotatable bonds is 6. The molecule has 0 radical (unpaired) electrons. The second-order valence-corrected chi connectivity index (χ2v) is 17.5. The molecule has 2 unspecified atom stereocenters. The van der Waals surface area contributed by atoms with Gasteiger partial charge in [0.25, 0.3) is 0 Å². The predicted molar refractivity (Wildman–Crippen MR) is 264 cm³/mol. The second kappa shape index (κ2) is 14.2. The number of nitrogens with zero attached hydrogens (tertiary/aromatic N) is 2. The van der Waals surface area contributed by atoms with E-state index in [9.17, 15) is 0 Å². The summed E-state index contributed by atoms with van der Waals surface area (Å²) in [6.45, 7) is 0. The Bertz CT molecular complexity index is 3540. The molecule has 3 aliphatic carbocycles. The summed E-state index contributed by atoms with van der Waals surface area (Å²) in [5.41, 5.74) is 17.3. The zero-order valence-electron chi connectivity index (χ0n) is 34.9. The van der Waals surface area contributed by atoms with E-state index in [0.29, 0.717) is 12.0 Å². The van der Waals surface area contributed by atoms with E-state index >= 15 is 0 Å². The molecule has 13 rings (SSSR count). The lowest BCUT2D eigenvalue weighted by Crippen LogP contribution is -2.28. The molecule has 2 heterocycles. The minimum atomic E-state index is -0.476. The third kappa shape index (κ3) is 5.38. The minimum absolute atomic E-state index is 0.295. The molecule has 298 valence electrons. The topological polar surface area (TPSA) is 9.86 Å². The molecule has 0 aliphatic heterocycles. The molecule has 10 aromatic rings. The van der Waals surface area contributed by atoms with Crippen LogP contribution in [0.25, 0.3) is 71.6 Å². The molecule has 2 aromatic heterocycles. The van der Waals surface area contributed by atoms with Crippen molar-refractivity contribution in [2.24, 2.45) is 0 Å². The van der Waals surface area contributed by atoms with E-state index in [-0.39, 0.29) is 0 Å². The molecule has 0 saturated carbocycles. The van der Waals surface area contributed by atoms with Crippen molar-refractivity contribution in [3.63, 3.8) is 0 Å². The molecule has 2 atom stereocenters. The highest BCUT2D eigenvalue weighted by Crippen LogP contribution is 2.56. The van der Waals surface area contributed by atoms with Gasteiger partial charge in [-0.25, -0.2) is 0 Å². The van der Waals surface area contributed by atoms with E-state index in [1.165, 1.54) is 99.4 Å². The summed E-state index contributed by atoms with van der Waals surface area (Å²) in [5, 5.41) is 5.09. The van der Waals surface area contributed by atoms with Crippen molar-refractivity contribution < 1.29 is 0 Å². The maximum atomic E-state index is 2.53. The second-order valence-electron chi connectivity index (χ2n) is 17.5. The Kier molecular flexibility index (Phi) is 8.11. The van der Waals surface area contributed by atoms with E-state index < -0.39 is 5.41 Å². The maximum absolute atomic E-state index is 2.53. The molecule has 3 aliphatic rings. The molecular formula is C61H44N2. The van der Waals surface area contributed by atoms with E-state index in [4.69, 9.17) is 0 Å². The number of fused-ring (bicyclic) bond motifs is 9. The molecule has 0 saturated heterocycles. The van der Waals surface area contributed by atoms with Gasteiger partial charge in [-0.3, -0.25) is 0 Å². The van der Waals surface area contributed by atoms with Gasteiger partial charge in [0.15, 0.2) is 0 Å². The van der Waals surface area contributed by atoms with Crippen LogP contribution in [0, 0.1) is 0 Å². The zero-order valence-corrected chi connectivity index (χ0v) is 34.9. The summed E-state index contributed by atoms with van der Waals surface area (Å²) >= 11 is 0. The highest BCUT2D eigenvalue weighted by Gasteiger charge is 2.46. The van der Waals surface area contributed by atoms with Crippen LogP contribution in [-0.2, 0) is 5.41 Å². The molecule has 8 aromatic carbocycles. The quantitative estimate of drug-likeness (QED) is 0.158. The molecule has 2 nitrogen and oxygen atoms in total. The zero-order chi connectivity index (χ0) is 41.5. The van der Waals surface area contributed by atoms with Crippen molar-refractivity contribution in [2.75, 3.05) is 0 Å². The molecule has 63 heavy (non-hydrogen) atoms. The van der Waals surface area contributed by atoms with Gasteiger partial charge in [-0.05, 0) is 111 Å². The molecule has 0 N–H and O–H groups in total. The van der Waals surface area contributed by atoms with Crippen LogP contribution in [0.15, 0.2) is 231 Å². The maximum Gasteiger partial charge on any atom is 0.0713 e. The fourth-order valence-electron chi connectivity index (χ4n) is 11.4. The summed E-state index contributed by atoms with van der Waals surface area (Å²) in [7, 11) is 0. The van der Waals surface area contributed by atoms with E-state index in [1.807, 2.05) is 0 Å². The Morgan fingerprint density at radius 2 is 1.08 bits per heavy atom. The molecule has 0 amide bonds. The van der Waals surface area contributed by atoms with Gasteiger partial charge >= 0.3 is 0 Å². The molecule has 0 bridgehead atoms. The minimum Gasteiger partial charge on any atom is -0.333 e. The average Bonchev–Trinajstić information content (AvgIpc) is 3.98. The predicted octanol–water partition coefficient (Wildman–Crippen LogP) is 15.6. The summed E-state index contributed by atoms with van der Waals surface area (Å²) in [6.07, 6.45) is 19.9. The largest absolute Gasteiger partial charge is 0.333 e. The Morgan fingerprint density at radius 3 is 1.87 bits per heavy atom. The number of allylic oxidation sites excluding steroid dienone is 8. The van der Waals surface area contributed by atoms with Gasteiger partial charge in [-0.2, -0.15) is 0 Å². The lowest BCUT2D eigenvalue weighted by atomic mass is 9.67. The van der Waals surface area contributed by atoms with Crippen molar-refractivity contribution in [1.29, 1.82) is 0 Å². The first-order valence-electron chi connectivity index (χ1n) is 22.4. The molecule has 2 heteroatoms. The molecule has 0 fully saturated rings. The Hall–Kier alpha value is -7.68. The Labute approximate surface area is 367 Å². The average molecular weight is 805 g/mol. The summed E-state index contributed by atoms with van der Waals surface area (Å²) in [5.74, 6) is 0.354. The fourth-order valence-corrected chi connectivity index (χ4v) is 11.4. The van der Waals surface area contributed by atoms with Gasteiger partial charge in [0.05, 0.1) is 22.5 Å². The number of hydrogen-bond acceptors (Lipinski definition) is 0. The van der Waals surface area contributed by atoms with Gasteiger partial charge in [-0.15, -0.1) is 0 Å². The summed E-state index contributed by atoms with van der Waals surface area (Å²) in [4.78, 5) is 0. The number of benzene rings is 8. The monoisotopic (exact) mass is 804 g/mol. The highest BCUT2D eigenvalue weighted by molar-refractivity contribution is 6.12. The van der Waals surface area contributed by atoms with E-state index in [2.05, 4.69) is 240 Å². The van der Waals surface area contributed by atoms with E-state index in [0.717, 1.165) is 12.8 Å². The van der Waals surface area contributed by atoms with Crippen LogP contribution < -0.4 is 0 Å². The smallest absolute Gasteiger partial charge is 0.0713 e. The van der Waals surface area contributed by atoms with Crippen LogP contribution in [-0.4, -0.2) is 9.13 Å². The summed E-state index contributed by atoms with van der Waals surface area (Å²) in [6, 6.07) is 69.2. The third-order valence-electron chi connectivity index (χ3n) is 14.2. The molecular weight excluding hydrogens is 761 g/mol. The van der Waals surface area contributed by atoms with Crippen molar-refractivity contribution in [2.45, 2.75) is 30.2 Å². The lowest BCUT2D eigenvalue weighted by molar-refractivity contribution is 0.648. The van der Waals surface area contributed by atoms with Gasteiger partial charge in [0.1, 0.15) is 0 Å². The molecule has 0 spiro atoms. The first kappa shape index (κ1) is 36.0. The Morgan fingerprint density at radius 1 is 0.413 bits per heavy atom. The van der Waals surface area contributed by atoms with Gasteiger partial charge in [0.2, 0.25) is 0 Å². The standard InChI is InChI=1S/C61H44N2/c1-4-17-41(18-5-1)42-19-16-24-48(37-42)63-59-36-33-46(61(45-20-6-2-7-21-45)55-28-13-10-25-49(55)50-26-11-14-29-56(50)61)40-54(59)52-34-31-44(39-60(52)63)43-32-35-58-53(38-43)51-27-12-15-30-57(51)62(58)47-22-8-3-9-23-47/h1-17,19-22,24-41,47H,18,23H2. The van der Waals surface area contributed by atoms with Crippen molar-refractivity contribution in [1.82, 2.24) is 9.13 Å². The first-order chi connectivity index (χ1) is 31.3. The van der Waals surface area contributed by atoms with Crippen LogP contribution in [0.5, 0.6) is 0 Å². The van der Waals surface area contributed by atoms with Crippen LogP contribution in [0.4, 0.5) is 0 Å². The van der Waals surface area contributed by atoms with Crippen molar-refractivity contribution in [3.8, 4) is 27.9 Å². The lowest BCUT2D eigenvalue weighted by Gasteiger charge is -2.34. The first-order valence-corrected chi connectivity index (χ1v) is 22.4. The highest BCUT2D eigenvalue weighted by atomic mass is 15.0. The van der Waals surface area contributed by atoms with Gasteiger partial charge in [0, 0.05) is 44.2 Å². The summed E-state index contributed by atoms with van der Waals surface area (Å²) < 4.78 is 5.05. The number of para-hydroxylation sites is 1. The third-order valence-corrected chi connectivity index (χ3v) is 14.2. The van der Waals surface area contributed by atoms with Gasteiger partial charge in [-0.1, -0.05) is 182 Å². The SMILES string of the molecule is C1=CCC(c2cccc(-n3c4ccc(C5(c6ccccc6)c6ccccc6-c6ccccc65)cc4c4ccc(-c5ccc6c(c5)c5ccccc5n6C5C=CC=CC5)cc43)c2)C=C1. The van der Waals surface area contributed by atoms with Crippen molar-refractivity contribution in [3.05, 3.63) is 258 Å². The van der Waals surface area contributed by atoms with Crippen LogP contribution in [0.2, 0.25) is 0 Å². The van der Waals surface area contributed by atoms with Crippen LogP contribution in [0.3, 0.4) is 0 Å².